The molecule has 3 nitrogen and oxygen atoms in total. The van der Waals surface area contributed by atoms with Crippen molar-refractivity contribution in [3.63, 3.8) is 0 Å². The van der Waals surface area contributed by atoms with Crippen LogP contribution in [0.2, 0.25) is 0 Å². The lowest BCUT2D eigenvalue weighted by molar-refractivity contribution is 0.124. The number of hydrogen-bond acceptors (Lipinski definition) is 3. The molecule has 0 aromatic rings. The maximum Gasteiger partial charge on any atom is 0.0758 e. The maximum atomic E-state index is 3.34. The first-order valence-corrected chi connectivity index (χ1v) is 5.47. The van der Waals surface area contributed by atoms with Gasteiger partial charge in [-0.05, 0) is 31.8 Å². The Balaban J connectivity index is 0.000000396. The minimum Gasteiger partial charge on any atom is -0.290 e. The molecule has 78 valence electrons. The highest BCUT2D eigenvalue weighted by Gasteiger charge is 2.37. The largest absolute Gasteiger partial charge is 0.290 e. The first-order valence-electron chi connectivity index (χ1n) is 5.47. The molecule has 13 heavy (non-hydrogen) atoms. The second-order valence-corrected chi connectivity index (χ2v) is 3.88. The van der Waals surface area contributed by atoms with Gasteiger partial charge in [-0.1, -0.05) is 20.8 Å². The number of nitrogens with zero attached hydrogens (tertiary/aromatic N) is 1. The summed E-state index contributed by atoms with van der Waals surface area (Å²) in [5, 5.41) is 0. The lowest BCUT2D eigenvalue weighted by atomic mass is 9.90. The van der Waals surface area contributed by atoms with Crippen LogP contribution in [0.5, 0.6) is 0 Å². The van der Waals surface area contributed by atoms with Crippen LogP contribution in [0.4, 0.5) is 0 Å². The summed E-state index contributed by atoms with van der Waals surface area (Å²) in [6.07, 6.45) is 1.94. The normalized spacial score (nSPS) is 39.2. The molecule has 2 aliphatic heterocycles. The number of hydrazine groups is 1. The third kappa shape index (κ3) is 2.22. The molecule has 3 unspecified atom stereocenters. The predicted molar refractivity (Wildman–Crippen MR) is 56.2 cm³/mol. The zero-order valence-corrected chi connectivity index (χ0v) is 9.30. The molecular weight excluding hydrogens is 162 g/mol. The second kappa shape index (κ2) is 4.94. The number of fused-ring (bicyclic) bond motifs is 1. The summed E-state index contributed by atoms with van der Waals surface area (Å²) in [5.74, 6) is 1.69. The Morgan fingerprint density at radius 2 is 2.00 bits per heavy atom. The number of likely N-dealkylation sites (tertiary alicyclic amines) is 1. The Morgan fingerprint density at radius 1 is 1.31 bits per heavy atom. The van der Waals surface area contributed by atoms with Gasteiger partial charge >= 0.3 is 0 Å². The number of hydrogen-bond donors (Lipinski definition) is 2. The van der Waals surface area contributed by atoms with Gasteiger partial charge in [0.05, 0.1) is 6.17 Å². The van der Waals surface area contributed by atoms with Crippen LogP contribution in [0.25, 0.3) is 0 Å². The van der Waals surface area contributed by atoms with Crippen molar-refractivity contribution < 1.29 is 0 Å². The molecule has 0 aromatic heterocycles. The third-order valence-electron chi connectivity index (χ3n) is 3.10. The summed E-state index contributed by atoms with van der Waals surface area (Å²) in [7, 11) is 2.19. The Morgan fingerprint density at radius 3 is 2.62 bits per heavy atom. The molecule has 2 N–H and O–H groups in total. The molecule has 0 saturated carbocycles. The van der Waals surface area contributed by atoms with E-state index in [1.54, 1.807) is 0 Å². The van der Waals surface area contributed by atoms with Crippen LogP contribution in [0.1, 0.15) is 27.2 Å². The molecule has 2 saturated heterocycles. The SMILES string of the molecule is CC.CC1CNNC2C1CCN2C. The van der Waals surface area contributed by atoms with Crippen molar-refractivity contribution in [2.75, 3.05) is 20.1 Å². The zero-order valence-electron chi connectivity index (χ0n) is 9.30. The van der Waals surface area contributed by atoms with Crippen molar-refractivity contribution in [1.82, 2.24) is 15.8 Å². The van der Waals surface area contributed by atoms with E-state index in [0.717, 1.165) is 18.4 Å². The molecule has 2 heterocycles. The maximum absolute atomic E-state index is 3.34. The summed E-state index contributed by atoms with van der Waals surface area (Å²) in [5.41, 5.74) is 6.58. The molecule has 0 spiro atoms. The molecule has 2 aliphatic rings. The van der Waals surface area contributed by atoms with Gasteiger partial charge in [0.2, 0.25) is 0 Å². The molecule has 0 bridgehead atoms. The van der Waals surface area contributed by atoms with Crippen molar-refractivity contribution in [2.45, 2.75) is 33.4 Å². The van der Waals surface area contributed by atoms with E-state index in [-0.39, 0.29) is 0 Å². The van der Waals surface area contributed by atoms with Gasteiger partial charge in [-0.15, -0.1) is 0 Å². The van der Waals surface area contributed by atoms with Gasteiger partial charge in [0.25, 0.3) is 0 Å². The van der Waals surface area contributed by atoms with E-state index < -0.39 is 0 Å². The topological polar surface area (TPSA) is 27.3 Å². The molecule has 3 heteroatoms. The van der Waals surface area contributed by atoms with Crippen LogP contribution in [0.15, 0.2) is 0 Å². The summed E-state index contributed by atoms with van der Waals surface area (Å²) < 4.78 is 0. The lowest BCUT2D eigenvalue weighted by Gasteiger charge is -2.35. The van der Waals surface area contributed by atoms with Gasteiger partial charge in [-0.2, -0.15) is 0 Å². The molecule has 0 radical (unpaired) electrons. The average Bonchev–Trinajstić information content (AvgIpc) is 2.53. The highest BCUT2D eigenvalue weighted by molar-refractivity contribution is 4.88. The highest BCUT2D eigenvalue weighted by Crippen LogP contribution is 2.29. The fourth-order valence-electron chi connectivity index (χ4n) is 2.27. The van der Waals surface area contributed by atoms with E-state index in [2.05, 4.69) is 29.7 Å². The van der Waals surface area contributed by atoms with Gasteiger partial charge in [-0.3, -0.25) is 10.3 Å². The van der Waals surface area contributed by atoms with E-state index in [4.69, 9.17) is 0 Å². The second-order valence-electron chi connectivity index (χ2n) is 3.88. The minimum absolute atomic E-state index is 0.582. The van der Waals surface area contributed by atoms with Gasteiger partial charge in [0.15, 0.2) is 0 Å². The summed E-state index contributed by atoms with van der Waals surface area (Å²) in [6.45, 7) is 8.70. The van der Waals surface area contributed by atoms with Crippen LogP contribution in [0.3, 0.4) is 0 Å². The van der Waals surface area contributed by atoms with Crippen molar-refractivity contribution in [3.8, 4) is 0 Å². The van der Waals surface area contributed by atoms with Crippen LogP contribution >= 0.6 is 0 Å². The molecular formula is C10H23N3. The van der Waals surface area contributed by atoms with Crippen LogP contribution in [-0.2, 0) is 0 Å². The van der Waals surface area contributed by atoms with Crippen molar-refractivity contribution in [3.05, 3.63) is 0 Å². The predicted octanol–water partition coefficient (Wildman–Crippen LogP) is 1.03. The van der Waals surface area contributed by atoms with Gasteiger partial charge in [-0.25, -0.2) is 5.43 Å². The van der Waals surface area contributed by atoms with E-state index in [1.807, 2.05) is 13.8 Å². The van der Waals surface area contributed by atoms with E-state index >= 15 is 0 Å². The van der Waals surface area contributed by atoms with Gasteiger partial charge < -0.3 is 0 Å². The molecule has 0 aromatic carbocycles. The average molecular weight is 185 g/mol. The van der Waals surface area contributed by atoms with E-state index in [1.165, 1.54) is 13.0 Å². The first kappa shape index (κ1) is 11.0. The minimum atomic E-state index is 0.582. The molecule has 2 rings (SSSR count). The van der Waals surface area contributed by atoms with Crippen LogP contribution in [0, 0.1) is 11.8 Å². The molecule has 3 atom stereocenters. The Hall–Kier alpha value is -0.120. The smallest absolute Gasteiger partial charge is 0.0758 e. The fraction of sp³-hybridized carbons (Fsp3) is 1.00. The van der Waals surface area contributed by atoms with Crippen molar-refractivity contribution in [1.29, 1.82) is 0 Å². The molecule has 2 fully saturated rings. The molecule has 0 amide bonds. The van der Waals surface area contributed by atoms with E-state index in [9.17, 15) is 0 Å². The number of nitrogens with one attached hydrogen (secondary N) is 2. The van der Waals surface area contributed by atoms with E-state index in [0.29, 0.717) is 6.17 Å². The van der Waals surface area contributed by atoms with Crippen molar-refractivity contribution in [2.24, 2.45) is 11.8 Å². The summed E-state index contributed by atoms with van der Waals surface area (Å²) >= 11 is 0. The van der Waals surface area contributed by atoms with Crippen LogP contribution < -0.4 is 10.9 Å². The highest BCUT2D eigenvalue weighted by atomic mass is 15.5. The Kier molecular flexibility index (Phi) is 4.16. The van der Waals surface area contributed by atoms with Crippen LogP contribution in [-0.4, -0.2) is 31.2 Å². The first-order chi connectivity index (χ1) is 6.29. The third-order valence-corrected chi connectivity index (χ3v) is 3.10. The summed E-state index contributed by atoms with van der Waals surface area (Å²) in [4.78, 5) is 2.40. The standard InChI is InChI=1S/C8H17N3.C2H6/c1-6-5-9-10-8-7(6)3-4-11(8)2;1-2/h6-10H,3-5H2,1-2H3;1-2H3. The lowest BCUT2D eigenvalue weighted by Crippen LogP contribution is -2.57. The zero-order chi connectivity index (χ0) is 9.84. The quantitative estimate of drug-likeness (QED) is 0.590. The molecule has 0 aliphatic carbocycles. The van der Waals surface area contributed by atoms with Gasteiger partial charge in [0, 0.05) is 6.54 Å². The Bertz CT molecular complexity index is 147. The van der Waals surface area contributed by atoms with Crippen molar-refractivity contribution >= 4 is 0 Å². The fourth-order valence-corrected chi connectivity index (χ4v) is 2.27. The number of rotatable bonds is 0. The Labute approximate surface area is 81.8 Å². The summed E-state index contributed by atoms with van der Waals surface area (Å²) in [6, 6.07) is 0. The van der Waals surface area contributed by atoms with Gasteiger partial charge in [0.1, 0.15) is 0 Å². The monoisotopic (exact) mass is 185 g/mol.